The first-order valence-corrected chi connectivity index (χ1v) is 6.86. The van der Waals surface area contributed by atoms with Crippen molar-refractivity contribution in [3.8, 4) is 5.75 Å². The maximum Gasteiger partial charge on any atom is 0.259 e. The van der Waals surface area contributed by atoms with E-state index < -0.39 is 5.91 Å². The lowest BCUT2D eigenvalue weighted by Gasteiger charge is -2.11. The molecule has 21 heavy (non-hydrogen) atoms. The molecule has 2 rings (SSSR count). The van der Waals surface area contributed by atoms with Crippen LogP contribution in [0.2, 0.25) is 0 Å². The summed E-state index contributed by atoms with van der Waals surface area (Å²) in [6.45, 7) is 0. The number of carbonyl (C=O) groups is 2. The highest BCUT2D eigenvalue weighted by molar-refractivity contribution is 9.10. The molecule has 5 nitrogen and oxygen atoms in total. The first-order chi connectivity index (χ1) is 10.0. The average molecular weight is 349 g/mol. The van der Waals surface area contributed by atoms with Crippen molar-refractivity contribution in [2.75, 3.05) is 12.4 Å². The number of amides is 2. The van der Waals surface area contributed by atoms with E-state index in [1.165, 1.54) is 7.11 Å². The molecule has 3 N–H and O–H groups in total. The van der Waals surface area contributed by atoms with Crippen molar-refractivity contribution in [1.82, 2.24) is 0 Å². The number of nitrogens with two attached hydrogens (primary N) is 1. The van der Waals surface area contributed by atoms with Gasteiger partial charge in [0, 0.05) is 4.47 Å². The predicted molar refractivity (Wildman–Crippen MR) is 83.6 cm³/mol. The van der Waals surface area contributed by atoms with Crippen LogP contribution in [0.5, 0.6) is 5.75 Å². The largest absolute Gasteiger partial charge is 0.496 e. The molecule has 0 aromatic heterocycles. The third kappa shape index (κ3) is 3.41. The van der Waals surface area contributed by atoms with Gasteiger partial charge >= 0.3 is 0 Å². The van der Waals surface area contributed by atoms with Crippen LogP contribution in [-0.2, 0) is 0 Å². The van der Waals surface area contributed by atoms with Crippen LogP contribution in [0.25, 0.3) is 0 Å². The normalized spacial score (nSPS) is 10.0. The Bertz CT molecular complexity index is 701. The molecule has 0 saturated carbocycles. The van der Waals surface area contributed by atoms with E-state index in [0.29, 0.717) is 17.0 Å². The summed E-state index contributed by atoms with van der Waals surface area (Å²) < 4.78 is 5.98. The van der Waals surface area contributed by atoms with E-state index in [1.54, 1.807) is 42.5 Å². The van der Waals surface area contributed by atoms with E-state index in [0.717, 1.165) is 4.47 Å². The third-order valence-electron chi connectivity index (χ3n) is 2.85. The van der Waals surface area contributed by atoms with Crippen LogP contribution >= 0.6 is 15.9 Å². The van der Waals surface area contributed by atoms with Crippen molar-refractivity contribution in [2.24, 2.45) is 5.73 Å². The number of anilines is 1. The Labute approximate surface area is 130 Å². The van der Waals surface area contributed by atoms with Gasteiger partial charge in [-0.15, -0.1) is 0 Å². The minimum atomic E-state index is -0.603. The number of hydrogen-bond acceptors (Lipinski definition) is 3. The summed E-state index contributed by atoms with van der Waals surface area (Å²) in [6, 6.07) is 11.6. The molecule has 0 fully saturated rings. The fourth-order valence-electron chi connectivity index (χ4n) is 1.85. The van der Waals surface area contributed by atoms with E-state index in [-0.39, 0.29) is 11.5 Å². The van der Waals surface area contributed by atoms with Gasteiger partial charge in [-0.25, -0.2) is 0 Å². The lowest BCUT2D eigenvalue weighted by molar-refractivity contribution is 0.100. The van der Waals surface area contributed by atoms with Crippen LogP contribution in [0.15, 0.2) is 46.9 Å². The van der Waals surface area contributed by atoms with E-state index in [9.17, 15) is 9.59 Å². The van der Waals surface area contributed by atoms with Crippen LogP contribution < -0.4 is 15.8 Å². The summed E-state index contributed by atoms with van der Waals surface area (Å²) in [7, 11) is 1.48. The van der Waals surface area contributed by atoms with E-state index in [1.807, 2.05) is 0 Å². The molecule has 0 saturated heterocycles. The van der Waals surface area contributed by atoms with Crippen molar-refractivity contribution in [3.63, 3.8) is 0 Å². The highest BCUT2D eigenvalue weighted by Crippen LogP contribution is 2.25. The molecule has 0 spiro atoms. The summed E-state index contributed by atoms with van der Waals surface area (Å²) in [5.74, 6) is -0.555. The Morgan fingerprint density at radius 2 is 1.86 bits per heavy atom. The second kappa shape index (κ2) is 6.41. The molecule has 0 radical (unpaired) electrons. The number of nitrogens with one attached hydrogen (secondary N) is 1. The molecule has 0 aliphatic heterocycles. The van der Waals surface area contributed by atoms with Crippen LogP contribution in [0.1, 0.15) is 20.7 Å². The zero-order valence-electron chi connectivity index (χ0n) is 11.2. The highest BCUT2D eigenvalue weighted by atomic mass is 79.9. The van der Waals surface area contributed by atoms with Gasteiger partial charge in [-0.2, -0.15) is 0 Å². The zero-order valence-corrected chi connectivity index (χ0v) is 12.8. The summed E-state index contributed by atoms with van der Waals surface area (Å²) in [5, 5.41) is 2.67. The minimum Gasteiger partial charge on any atom is -0.496 e. The zero-order chi connectivity index (χ0) is 15.4. The molecule has 6 heteroatoms. The van der Waals surface area contributed by atoms with Crippen molar-refractivity contribution >= 4 is 33.4 Å². The Morgan fingerprint density at radius 1 is 1.14 bits per heavy atom. The topological polar surface area (TPSA) is 81.4 Å². The Balaban J connectivity index is 2.33. The molecule has 0 atom stereocenters. The fraction of sp³-hybridized carbons (Fsp3) is 0.0667. The predicted octanol–water partition coefficient (Wildman–Crippen LogP) is 2.81. The molecule has 2 aromatic rings. The standard InChI is InChI=1S/C15H13BrN2O3/c1-21-13-8-9(16)6-7-11(13)15(20)18-12-5-3-2-4-10(12)14(17)19/h2-8H,1H3,(H2,17,19)(H,18,20). The van der Waals surface area contributed by atoms with Crippen LogP contribution in [0.3, 0.4) is 0 Å². The number of para-hydroxylation sites is 1. The molecule has 2 aromatic carbocycles. The molecule has 0 aliphatic rings. The van der Waals surface area contributed by atoms with Crippen molar-refractivity contribution in [2.45, 2.75) is 0 Å². The first-order valence-electron chi connectivity index (χ1n) is 6.06. The van der Waals surface area contributed by atoms with Gasteiger partial charge in [0.1, 0.15) is 5.75 Å². The van der Waals surface area contributed by atoms with E-state index in [2.05, 4.69) is 21.2 Å². The van der Waals surface area contributed by atoms with Crippen molar-refractivity contribution < 1.29 is 14.3 Å². The summed E-state index contributed by atoms with van der Waals surface area (Å²) in [4.78, 5) is 23.7. The van der Waals surface area contributed by atoms with Crippen LogP contribution in [0.4, 0.5) is 5.69 Å². The van der Waals surface area contributed by atoms with Crippen molar-refractivity contribution in [1.29, 1.82) is 0 Å². The third-order valence-corrected chi connectivity index (χ3v) is 3.34. The van der Waals surface area contributed by atoms with E-state index >= 15 is 0 Å². The molecule has 0 unspecified atom stereocenters. The summed E-state index contributed by atoms with van der Waals surface area (Å²) in [5.41, 5.74) is 6.26. The van der Waals surface area contributed by atoms with Gasteiger partial charge in [-0.05, 0) is 30.3 Å². The Hall–Kier alpha value is -2.34. The Morgan fingerprint density at radius 3 is 2.52 bits per heavy atom. The van der Waals surface area contributed by atoms with Crippen molar-refractivity contribution in [3.05, 3.63) is 58.1 Å². The fourth-order valence-corrected chi connectivity index (χ4v) is 2.19. The minimum absolute atomic E-state index is 0.252. The first kappa shape index (κ1) is 15.1. The SMILES string of the molecule is COc1cc(Br)ccc1C(=O)Nc1ccccc1C(N)=O. The molecular formula is C15H13BrN2O3. The van der Waals surface area contributed by atoms with E-state index in [4.69, 9.17) is 10.5 Å². The number of carbonyl (C=O) groups excluding carboxylic acids is 2. The van der Waals surface area contributed by atoms with Gasteiger partial charge < -0.3 is 15.8 Å². The maximum absolute atomic E-state index is 12.3. The number of ether oxygens (including phenoxy) is 1. The highest BCUT2D eigenvalue weighted by Gasteiger charge is 2.15. The second-order valence-electron chi connectivity index (χ2n) is 4.21. The average Bonchev–Trinajstić information content (AvgIpc) is 2.47. The number of hydrogen-bond donors (Lipinski definition) is 2. The molecule has 2 amide bonds. The van der Waals surface area contributed by atoms with Gasteiger partial charge in [0.05, 0.1) is 23.9 Å². The monoisotopic (exact) mass is 348 g/mol. The summed E-state index contributed by atoms with van der Waals surface area (Å²) in [6.07, 6.45) is 0. The quantitative estimate of drug-likeness (QED) is 0.891. The van der Waals surface area contributed by atoms with Gasteiger partial charge in [0.15, 0.2) is 0 Å². The van der Waals surface area contributed by atoms with Gasteiger partial charge in [0.25, 0.3) is 11.8 Å². The number of primary amides is 1. The molecule has 108 valence electrons. The number of halogens is 1. The maximum atomic E-state index is 12.3. The lowest BCUT2D eigenvalue weighted by Crippen LogP contribution is -2.18. The molecule has 0 aliphatic carbocycles. The number of benzene rings is 2. The lowest BCUT2D eigenvalue weighted by atomic mass is 10.1. The molecular weight excluding hydrogens is 336 g/mol. The van der Waals surface area contributed by atoms with Crippen LogP contribution in [0, 0.1) is 0 Å². The van der Waals surface area contributed by atoms with Crippen LogP contribution in [-0.4, -0.2) is 18.9 Å². The van der Waals surface area contributed by atoms with Gasteiger partial charge in [-0.1, -0.05) is 28.1 Å². The number of methoxy groups -OCH3 is 1. The second-order valence-corrected chi connectivity index (χ2v) is 5.12. The number of rotatable bonds is 4. The summed E-state index contributed by atoms with van der Waals surface area (Å²) >= 11 is 3.31. The Kier molecular flexibility index (Phi) is 4.59. The van der Waals surface area contributed by atoms with Gasteiger partial charge in [0.2, 0.25) is 0 Å². The molecule has 0 heterocycles. The molecule has 0 bridgehead atoms. The smallest absolute Gasteiger partial charge is 0.259 e. The van der Waals surface area contributed by atoms with Gasteiger partial charge in [-0.3, -0.25) is 9.59 Å².